The van der Waals surface area contributed by atoms with E-state index in [1.165, 1.54) is 6.07 Å². The van der Waals surface area contributed by atoms with Crippen LogP contribution in [0.2, 0.25) is 5.02 Å². The molecule has 6 heteroatoms. The van der Waals surface area contributed by atoms with Gasteiger partial charge in [-0.05, 0) is 25.1 Å². The number of carbonyl (C=O) groups excluding carboxylic acids is 1. The quantitative estimate of drug-likeness (QED) is 0.832. The molecule has 1 aromatic carbocycles. The van der Waals surface area contributed by atoms with E-state index in [1.807, 2.05) is 0 Å². The van der Waals surface area contributed by atoms with Gasteiger partial charge in [0.15, 0.2) is 5.82 Å². The molecule has 0 atom stereocenters. The van der Waals surface area contributed by atoms with Crippen molar-refractivity contribution < 1.29 is 14.4 Å². The predicted octanol–water partition coefficient (Wildman–Crippen LogP) is 2.23. The van der Waals surface area contributed by atoms with Gasteiger partial charge in [-0.15, -0.1) is 0 Å². The SMILES string of the molecule is Cc1cc(NC(=O)c2ccc(C#CCO)c(Cl)c2)no1. The Kier molecular flexibility index (Phi) is 4.41. The number of amides is 1. The Hall–Kier alpha value is -2.29. The minimum atomic E-state index is -0.345. The number of benzene rings is 1. The van der Waals surface area contributed by atoms with Gasteiger partial charge in [-0.1, -0.05) is 28.6 Å². The molecule has 0 radical (unpaired) electrons. The number of aromatic nitrogens is 1. The monoisotopic (exact) mass is 290 g/mol. The Morgan fingerprint density at radius 3 is 2.90 bits per heavy atom. The van der Waals surface area contributed by atoms with E-state index in [1.54, 1.807) is 25.1 Å². The number of aliphatic hydroxyl groups is 1. The first kappa shape index (κ1) is 14.1. The van der Waals surface area contributed by atoms with Crippen molar-refractivity contribution in [1.82, 2.24) is 5.16 Å². The number of halogens is 1. The zero-order valence-corrected chi connectivity index (χ0v) is 11.4. The maximum absolute atomic E-state index is 12.0. The number of carbonyl (C=O) groups is 1. The summed E-state index contributed by atoms with van der Waals surface area (Å²) in [6.45, 7) is 1.48. The second-order valence-electron chi connectivity index (χ2n) is 3.93. The van der Waals surface area contributed by atoms with Crippen LogP contribution >= 0.6 is 11.6 Å². The van der Waals surface area contributed by atoms with Crippen LogP contribution in [0.15, 0.2) is 28.8 Å². The molecule has 0 bridgehead atoms. The molecule has 2 aromatic rings. The van der Waals surface area contributed by atoms with E-state index in [0.717, 1.165) is 0 Å². The topological polar surface area (TPSA) is 75.4 Å². The standard InChI is InChI=1S/C14H11ClN2O3/c1-9-7-13(17-20-9)16-14(19)11-5-4-10(3-2-6-18)12(15)8-11/h4-5,7-8,18H,6H2,1H3,(H,16,17,19). The second-order valence-corrected chi connectivity index (χ2v) is 4.34. The van der Waals surface area contributed by atoms with Crippen molar-refractivity contribution in [3.63, 3.8) is 0 Å². The largest absolute Gasteiger partial charge is 0.384 e. The van der Waals surface area contributed by atoms with Gasteiger partial charge in [0, 0.05) is 17.2 Å². The highest BCUT2D eigenvalue weighted by Crippen LogP contribution is 2.18. The van der Waals surface area contributed by atoms with Crippen LogP contribution in [0.5, 0.6) is 0 Å². The molecule has 0 aliphatic rings. The number of nitrogens with zero attached hydrogens (tertiary/aromatic N) is 1. The van der Waals surface area contributed by atoms with Crippen molar-refractivity contribution in [2.45, 2.75) is 6.92 Å². The third-order valence-corrected chi connectivity index (χ3v) is 2.72. The highest BCUT2D eigenvalue weighted by molar-refractivity contribution is 6.32. The number of anilines is 1. The summed E-state index contributed by atoms with van der Waals surface area (Å²) in [5.41, 5.74) is 0.930. The lowest BCUT2D eigenvalue weighted by Crippen LogP contribution is -2.12. The Morgan fingerprint density at radius 1 is 1.50 bits per heavy atom. The molecule has 2 N–H and O–H groups in total. The summed E-state index contributed by atoms with van der Waals surface area (Å²) < 4.78 is 4.86. The Bertz CT molecular complexity index is 698. The zero-order valence-electron chi connectivity index (χ0n) is 10.6. The van der Waals surface area contributed by atoms with Crippen LogP contribution in [0.25, 0.3) is 0 Å². The van der Waals surface area contributed by atoms with E-state index in [9.17, 15) is 4.79 Å². The molecule has 0 unspecified atom stereocenters. The van der Waals surface area contributed by atoms with E-state index in [-0.39, 0.29) is 12.5 Å². The molecule has 102 valence electrons. The molecule has 1 heterocycles. The summed E-state index contributed by atoms with van der Waals surface area (Å²) in [6, 6.07) is 6.33. The van der Waals surface area contributed by atoms with Crippen molar-refractivity contribution in [3.05, 3.63) is 46.2 Å². The molecule has 1 aromatic heterocycles. The molecule has 20 heavy (non-hydrogen) atoms. The molecule has 0 aliphatic carbocycles. The second kappa shape index (κ2) is 6.24. The van der Waals surface area contributed by atoms with Gasteiger partial charge in [0.2, 0.25) is 0 Å². The lowest BCUT2D eigenvalue weighted by atomic mass is 10.1. The molecule has 0 fully saturated rings. The third kappa shape index (κ3) is 3.38. The molecule has 0 spiro atoms. The number of hydrogen-bond donors (Lipinski definition) is 2. The summed E-state index contributed by atoms with van der Waals surface area (Å²) in [5, 5.41) is 15.2. The van der Waals surface area contributed by atoms with Crippen LogP contribution in [-0.4, -0.2) is 22.8 Å². The van der Waals surface area contributed by atoms with Crippen molar-refractivity contribution >= 4 is 23.3 Å². The van der Waals surface area contributed by atoms with Gasteiger partial charge in [0.25, 0.3) is 5.91 Å². The molecule has 5 nitrogen and oxygen atoms in total. The maximum atomic E-state index is 12.0. The van der Waals surface area contributed by atoms with Crippen molar-refractivity contribution in [2.75, 3.05) is 11.9 Å². The predicted molar refractivity (Wildman–Crippen MR) is 74.6 cm³/mol. The van der Waals surface area contributed by atoms with Crippen LogP contribution in [0.3, 0.4) is 0 Å². The maximum Gasteiger partial charge on any atom is 0.256 e. The van der Waals surface area contributed by atoms with Gasteiger partial charge in [0.1, 0.15) is 12.4 Å². The average molecular weight is 291 g/mol. The molecule has 0 saturated carbocycles. The summed E-state index contributed by atoms with van der Waals surface area (Å²) in [7, 11) is 0. The molecular weight excluding hydrogens is 280 g/mol. The smallest absolute Gasteiger partial charge is 0.256 e. The molecular formula is C14H11ClN2O3. The first-order valence-electron chi connectivity index (χ1n) is 5.74. The van der Waals surface area contributed by atoms with Crippen LogP contribution in [0.1, 0.15) is 21.7 Å². The highest BCUT2D eigenvalue weighted by atomic mass is 35.5. The highest BCUT2D eigenvalue weighted by Gasteiger charge is 2.10. The fraction of sp³-hybridized carbons (Fsp3) is 0.143. The minimum Gasteiger partial charge on any atom is -0.384 e. The van der Waals surface area contributed by atoms with Gasteiger partial charge in [-0.25, -0.2) is 0 Å². The van der Waals surface area contributed by atoms with E-state index >= 15 is 0 Å². The van der Waals surface area contributed by atoms with E-state index < -0.39 is 0 Å². The van der Waals surface area contributed by atoms with Gasteiger partial charge in [0.05, 0.1) is 5.02 Å². The van der Waals surface area contributed by atoms with E-state index in [4.69, 9.17) is 21.2 Å². The van der Waals surface area contributed by atoms with Crippen LogP contribution in [-0.2, 0) is 0 Å². The van der Waals surface area contributed by atoms with Crippen LogP contribution in [0, 0.1) is 18.8 Å². The van der Waals surface area contributed by atoms with E-state index in [0.29, 0.717) is 27.7 Å². The number of aryl methyl sites for hydroxylation is 1. The van der Waals surface area contributed by atoms with Crippen LogP contribution in [0.4, 0.5) is 5.82 Å². The lowest BCUT2D eigenvalue weighted by molar-refractivity contribution is 0.102. The van der Waals surface area contributed by atoms with Gasteiger partial charge in [-0.2, -0.15) is 0 Å². The zero-order chi connectivity index (χ0) is 14.5. The summed E-state index contributed by atoms with van der Waals surface area (Å²) >= 11 is 6.02. The molecule has 0 aliphatic heterocycles. The van der Waals surface area contributed by atoms with Crippen molar-refractivity contribution in [2.24, 2.45) is 0 Å². The molecule has 2 rings (SSSR count). The minimum absolute atomic E-state index is 0.246. The average Bonchev–Trinajstić information content (AvgIpc) is 2.82. The Labute approximate surface area is 120 Å². The normalized spacial score (nSPS) is 9.75. The number of rotatable bonds is 2. The van der Waals surface area contributed by atoms with E-state index in [2.05, 4.69) is 22.3 Å². The van der Waals surface area contributed by atoms with Crippen LogP contribution < -0.4 is 5.32 Å². The number of aliphatic hydroxyl groups excluding tert-OH is 1. The van der Waals surface area contributed by atoms with Crippen molar-refractivity contribution in [1.29, 1.82) is 0 Å². The number of nitrogens with one attached hydrogen (secondary N) is 1. The van der Waals surface area contributed by atoms with Gasteiger partial charge < -0.3 is 14.9 Å². The summed E-state index contributed by atoms with van der Waals surface area (Å²) in [6.07, 6.45) is 0. The summed E-state index contributed by atoms with van der Waals surface area (Å²) in [5.74, 6) is 5.79. The fourth-order valence-corrected chi connectivity index (χ4v) is 1.73. The molecule has 1 amide bonds. The Balaban J connectivity index is 2.16. The Morgan fingerprint density at radius 2 is 2.30 bits per heavy atom. The fourth-order valence-electron chi connectivity index (χ4n) is 1.51. The van der Waals surface area contributed by atoms with Gasteiger partial charge >= 0.3 is 0 Å². The first-order valence-corrected chi connectivity index (χ1v) is 6.12. The van der Waals surface area contributed by atoms with Crippen molar-refractivity contribution in [3.8, 4) is 11.8 Å². The summed E-state index contributed by atoms with van der Waals surface area (Å²) in [4.78, 5) is 12.0. The molecule has 0 saturated heterocycles. The first-order chi connectivity index (χ1) is 9.60. The lowest BCUT2D eigenvalue weighted by Gasteiger charge is -2.03. The third-order valence-electron chi connectivity index (χ3n) is 2.40. The number of hydrogen-bond acceptors (Lipinski definition) is 4. The van der Waals surface area contributed by atoms with Gasteiger partial charge in [-0.3, -0.25) is 4.79 Å².